The third kappa shape index (κ3) is 3.35. The lowest BCUT2D eigenvalue weighted by Gasteiger charge is -2.33. The van der Waals surface area contributed by atoms with Crippen molar-refractivity contribution >= 4 is 9.84 Å². The first kappa shape index (κ1) is 17.0. The number of nitrogens with one attached hydrogen (secondary N) is 1. The molecule has 1 atom stereocenters. The smallest absolute Gasteiger partial charge is 0.388 e. The van der Waals surface area contributed by atoms with Crippen molar-refractivity contribution in [3.8, 4) is 5.88 Å². The molecule has 2 rings (SSSR count). The molecule has 0 aromatic carbocycles. The van der Waals surface area contributed by atoms with Gasteiger partial charge in [-0.1, -0.05) is 0 Å². The number of halogens is 3. The van der Waals surface area contributed by atoms with E-state index in [0.717, 1.165) is 25.3 Å². The van der Waals surface area contributed by atoms with Crippen LogP contribution < -0.4 is 10.1 Å². The van der Waals surface area contributed by atoms with Gasteiger partial charge in [0.1, 0.15) is 0 Å². The zero-order valence-electron chi connectivity index (χ0n) is 11.9. The predicted molar refractivity (Wildman–Crippen MR) is 73.2 cm³/mol. The van der Waals surface area contributed by atoms with E-state index >= 15 is 0 Å². The monoisotopic (exact) mass is 338 g/mol. The Hall–Kier alpha value is -1.35. The van der Waals surface area contributed by atoms with Crippen LogP contribution in [0.5, 0.6) is 5.88 Å². The van der Waals surface area contributed by atoms with E-state index in [9.17, 15) is 21.6 Å². The Morgan fingerprint density at radius 1 is 1.36 bits per heavy atom. The van der Waals surface area contributed by atoms with Gasteiger partial charge in [0.2, 0.25) is 20.7 Å². The lowest BCUT2D eigenvalue weighted by molar-refractivity contribution is -0.0529. The van der Waals surface area contributed by atoms with Gasteiger partial charge in [-0.3, -0.25) is 0 Å². The van der Waals surface area contributed by atoms with Crippen LogP contribution in [0.4, 0.5) is 13.2 Å². The lowest BCUT2D eigenvalue weighted by Crippen LogP contribution is -2.44. The second-order valence-corrected chi connectivity index (χ2v) is 7.50. The fraction of sp³-hybridized carbons (Fsp3) is 0.615. The van der Waals surface area contributed by atoms with Crippen LogP contribution in [-0.4, -0.2) is 38.1 Å². The summed E-state index contributed by atoms with van der Waals surface area (Å²) in [5.41, 5.74) is 0. The summed E-state index contributed by atoms with van der Waals surface area (Å²) in [6.45, 7) is -0.906. The van der Waals surface area contributed by atoms with Gasteiger partial charge in [-0.05, 0) is 38.9 Å². The van der Waals surface area contributed by atoms with Crippen molar-refractivity contribution < 1.29 is 26.3 Å². The van der Waals surface area contributed by atoms with Crippen LogP contribution in [0.2, 0.25) is 0 Å². The van der Waals surface area contributed by atoms with Crippen LogP contribution in [0, 0.1) is 5.92 Å². The van der Waals surface area contributed by atoms with E-state index in [0.29, 0.717) is 25.9 Å². The van der Waals surface area contributed by atoms with Gasteiger partial charge in [-0.2, -0.15) is 8.78 Å². The molecule has 1 aromatic heterocycles. The molecule has 1 fully saturated rings. The molecule has 1 aliphatic rings. The number of nitrogens with zero attached hydrogens (tertiary/aromatic N) is 1. The van der Waals surface area contributed by atoms with E-state index in [4.69, 9.17) is 0 Å². The van der Waals surface area contributed by atoms with Crippen molar-refractivity contribution in [1.29, 1.82) is 0 Å². The fourth-order valence-electron chi connectivity index (χ4n) is 2.47. The maximum Gasteiger partial charge on any atom is 0.388 e. The lowest BCUT2D eigenvalue weighted by atomic mass is 9.93. The highest BCUT2D eigenvalue weighted by Crippen LogP contribution is 2.38. The number of aromatic nitrogens is 1. The molecule has 1 saturated heterocycles. The van der Waals surface area contributed by atoms with E-state index in [1.807, 2.05) is 0 Å². The maximum atomic E-state index is 15.0. The molecule has 0 spiro atoms. The molecule has 9 heteroatoms. The number of piperidine rings is 1. The van der Waals surface area contributed by atoms with E-state index < -0.39 is 33.2 Å². The van der Waals surface area contributed by atoms with Crippen LogP contribution in [0.1, 0.15) is 19.8 Å². The van der Waals surface area contributed by atoms with E-state index in [2.05, 4.69) is 15.0 Å². The minimum absolute atomic E-state index is 0.349. The molecule has 0 amide bonds. The second kappa shape index (κ2) is 6.41. The topological polar surface area (TPSA) is 68.3 Å². The molecule has 0 bridgehead atoms. The summed E-state index contributed by atoms with van der Waals surface area (Å²) in [4.78, 5) is 3.13. The molecule has 0 aliphatic carbocycles. The van der Waals surface area contributed by atoms with E-state index in [-0.39, 0.29) is 4.90 Å². The third-order valence-corrected chi connectivity index (χ3v) is 6.07. The number of alkyl halides is 3. The molecule has 1 aromatic rings. The fourth-order valence-corrected chi connectivity index (χ4v) is 4.05. The Morgan fingerprint density at radius 2 is 2.00 bits per heavy atom. The zero-order valence-corrected chi connectivity index (χ0v) is 12.7. The number of sulfone groups is 1. The number of hydrogen-bond donors (Lipinski definition) is 1. The average Bonchev–Trinajstić information content (AvgIpc) is 2.48. The molecule has 0 radical (unpaired) electrons. The highest BCUT2D eigenvalue weighted by molar-refractivity contribution is 7.92. The van der Waals surface area contributed by atoms with Crippen molar-refractivity contribution in [2.75, 3.05) is 13.1 Å². The highest BCUT2D eigenvalue weighted by Gasteiger charge is 2.47. The minimum Gasteiger partial charge on any atom is -0.417 e. The summed E-state index contributed by atoms with van der Waals surface area (Å²) < 4.78 is 68.0. The number of hydrogen-bond acceptors (Lipinski definition) is 5. The molecule has 0 saturated carbocycles. The first-order chi connectivity index (χ1) is 10.2. The second-order valence-electron chi connectivity index (χ2n) is 5.22. The Labute approximate surface area is 126 Å². The van der Waals surface area contributed by atoms with Crippen LogP contribution >= 0.6 is 0 Å². The zero-order chi connectivity index (χ0) is 16.4. The molecule has 1 N–H and O–H groups in total. The summed E-state index contributed by atoms with van der Waals surface area (Å²) in [6, 6.07) is 2.01. The van der Waals surface area contributed by atoms with Gasteiger partial charge in [0, 0.05) is 18.2 Å². The number of rotatable bonds is 5. The third-order valence-electron chi connectivity index (χ3n) is 3.82. The molecular weight excluding hydrogens is 321 g/mol. The first-order valence-corrected chi connectivity index (χ1v) is 8.28. The van der Waals surface area contributed by atoms with Gasteiger partial charge in [0.05, 0.1) is 4.90 Å². The van der Waals surface area contributed by atoms with E-state index in [1.165, 1.54) is 0 Å². The molecular formula is C13H17F3N2O3S. The molecule has 1 unspecified atom stereocenters. The van der Waals surface area contributed by atoms with Crippen molar-refractivity contribution in [3.63, 3.8) is 0 Å². The predicted octanol–water partition coefficient (Wildman–Crippen LogP) is 2.14. The Bertz CT molecular complexity index is 599. The number of ether oxygens (including phenoxy) is 1. The highest BCUT2D eigenvalue weighted by atomic mass is 32.2. The molecule has 22 heavy (non-hydrogen) atoms. The summed E-state index contributed by atoms with van der Waals surface area (Å²) in [6.07, 6.45) is 1.66. The Balaban J connectivity index is 2.24. The molecule has 124 valence electrons. The molecule has 2 heterocycles. The normalized spacial score (nSPS) is 19.9. The first-order valence-electron chi connectivity index (χ1n) is 6.80. The van der Waals surface area contributed by atoms with Crippen LogP contribution in [0.15, 0.2) is 23.2 Å². The van der Waals surface area contributed by atoms with Gasteiger partial charge in [0.15, 0.2) is 0 Å². The van der Waals surface area contributed by atoms with E-state index in [1.54, 1.807) is 0 Å². The molecule has 1 aliphatic heterocycles. The standard InChI is InChI=1S/C13H17F3N2O3S/c1-13(16,9-4-6-17-7-5-9)22(19,20)10-2-3-11(18-8-10)21-12(14)15/h2-3,8-9,12,17H,4-7H2,1H3. The summed E-state index contributed by atoms with van der Waals surface area (Å²) in [5.74, 6) is -1.05. The quantitative estimate of drug-likeness (QED) is 0.891. The van der Waals surface area contributed by atoms with Gasteiger partial charge in [-0.15, -0.1) is 0 Å². The van der Waals surface area contributed by atoms with Crippen molar-refractivity contribution in [1.82, 2.24) is 10.3 Å². The Morgan fingerprint density at radius 3 is 2.50 bits per heavy atom. The van der Waals surface area contributed by atoms with Gasteiger partial charge < -0.3 is 10.1 Å². The average molecular weight is 338 g/mol. The number of pyridine rings is 1. The largest absolute Gasteiger partial charge is 0.417 e. The minimum atomic E-state index is -4.28. The van der Waals surface area contributed by atoms with Crippen LogP contribution in [0.3, 0.4) is 0 Å². The van der Waals surface area contributed by atoms with Crippen molar-refractivity contribution in [2.45, 2.75) is 36.3 Å². The van der Waals surface area contributed by atoms with Gasteiger partial charge in [0.25, 0.3) is 0 Å². The van der Waals surface area contributed by atoms with Gasteiger partial charge >= 0.3 is 6.61 Å². The van der Waals surface area contributed by atoms with Crippen LogP contribution in [0.25, 0.3) is 0 Å². The van der Waals surface area contributed by atoms with Crippen LogP contribution in [-0.2, 0) is 9.84 Å². The molecule has 5 nitrogen and oxygen atoms in total. The summed E-state index contributed by atoms with van der Waals surface area (Å²) in [5, 5.41) is 0.600. The summed E-state index contributed by atoms with van der Waals surface area (Å²) in [7, 11) is -4.28. The van der Waals surface area contributed by atoms with Gasteiger partial charge in [-0.25, -0.2) is 17.8 Å². The SMILES string of the molecule is CC(F)(C1CCNCC1)S(=O)(=O)c1ccc(OC(F)F)nc1. The maximum absolute atomic E-state index is 15.0. The van der Waals surface area contributed by atoms with Crippen molar-refractivity contribution in [2.24, 2.45) is 5.92 Å². The van der Waals surface area contributed by atoms with Crippen molar-refractivity contribution in [3.05, 3.63) is 18.3 Å². The summed E-state index contributed by atoms with van der Waals surface area (Å²) >= 11 is 0. The Kier molecular flexibility index (Phi) is 4.96.